The lowest BCUT2D eigenvalue weighted by Crippen LogP contribution is -2.27. The molecule has 0 aromatic heterocycles. The van der Waals surface area contributed by atoms with Gasteiger partial charge in [-0.3, -0.25) is 4.79 Å². The smallest absolute Gasteiger partial charge is 0.337 e. The van der Waals surface area contributed by atoms with Gasteiger partial charge in [0.15, 0.2) is 0 Å². The van der Waals surface area contributed by atoms with Crippen LogP contribution in [0.15, 0.2) is 53.4 Å². The number of rotatable bonds is 7. The minimum absolute atomic E-state index is 0.0992. The molecular formula is C19H22N2O5S. The van der Waals surface area contributed by atoms with Crippen LogP contribution < -0.4 is 10.0 Å². The second-order valence-corrected chi connectivity index (χ2v) is 8.06. The summed E-state index contributed by atoms with van der Waals surface area (Å²) in [6.45, 7) is 4.16. The predicted molar refractivity (Wildman–Crippen MR) is 102 cm³/mol. The van der Waals surface area contributed by atoms with Crippen molar-refractivity contribution in [2.75, 3.05) is 19.0 Å². The van der Waals surface area contributed by atoms with E-state index in [1.165, 1.54) is 43.5 Å². The summed E-state index contributed by atoms with van der Waals surface area (Å²) in [5.74, 6) is -0.661. The molecule has 2 aromatic carbocycles. The summed E-state index contributed by atoms with van der Waals surface area (Å²) >= 11 is 0. The molecule has 0 unspecified atom stereocenters. The molecule has 0 bridgehead atoms. The summed E-state index contributed by atoms with van der Waals surface area (Å²) in [5, 5.41) is 2.68. The number of ether oxygens (including phenoxy) is 1. The van der Waals surface area contributed by atoms with E-state index in [0.717, 1.165) is 0 Å². The number of methoxy groups -OCH3 is 1. The van der Waals surface area contributed by atoms with E-state index in [2.05, 4.69) is 14.8 Å². The van der Waals surface area contributed by atoms with Gasteiger partial charge in [-0.25, -0.2) is 17.9 Å². The summed E-state index contributed by atoms with van der Waals surface area (Å²) < 4.78 is 31.5. The third-order valence-corrected chi connectivity index (χ3v) is 5.11. The molecule has 0 atom stereocenters. The van der Waals surface area contributed by atoms with Crippen LogP contribution in [0.4, 0.5) is 5.69 Å². The van der Waals surface area contributed by atoms with Gasteiger partial charge in [-0.15, -0.1) is 0 Å². The molecule has 0 radical (unpaired) electrons. The summed E-state index contributed by atoms with van der Waals surface area (Å²) in [4.78, 5) is 23.8. The standard InChI is InChI=1S/C19H22N2O5S/c1-13(2)12-20-27(24,25)17-10-6-14(7-11-17)18(22)21-16-8-4-15(5-9-16)19(23)26-3/h4-11,13,20H,12H2,1-3H3,(H,21,22). The summed E-state index contributed by atoms with van der Waals surface area (Å²) in [5.41, 5.74) is 1.19. The number of carbonyl (C=O) groups excluding carboxylic acids is 2. The van der Waals surface area contributed by atoms with Gasteiger partial charge >= 0.3 is 5.97 Å². The molecule has 27 heavy (non-hydrogen) atoms. The van der Waals surface area contributed by atoms with E-state index < -0.39 is 16.0 Å². The van der Waals surface area contributed by atoms with Crippen molar-refractivity contribution < 1.29 is 22.7 Å². The Bertz CT molecular complexity index is 904. The fourth-order valence-electron chi connectivity index (χ4n) is 2.16. The zero-order valence-corrected chi connectivity index (χ0v) is 16.2. The van der Waals surface area contributed by atoms with Gasteiger partial charge in [-0.05, 0) is 54.4 Å². The van der Waals surface area contributed by atoms with E-state index in [9.17, 15) is 18.0 Å². The number of anilines is 1. The number of benzene rings is 2. The van der Waals surface area contributed by atoms with Gasteiger partial charge in [0.05, 0.1) is 17.6 Å². The minimum Gasteiger partial charge on any atom is -0.465 e. The lowest BCUT2D eigenvalue weighted by molar-refractivity contribution is 0.0600. The largest absolute Gasteiger partial charge is 0.465 e. The fourth-order valence-corrected chi connectivity index (χ4v) is 3.37. The number of carbonyl (C=O) groups is 2. The van der Waals surface area contributed by atoms with Crippen molar-refractivity contribution in [1.29, 1.82) is 0 Å². The van der Waals surface area contributed by atoms with Crippen LogP contribution in [0, 0.1) is 5.92 Å². The topological polar surface area (TPSA) is 102 Å². The highest BCUT2D eigenvalue weighted by Gasteiger charge is 2.15. The highest BCUT2D eigenvalue weighted by Crippen LogP contribution is 2.14. The maximum Gasteiger partial charge on any atom is 0.337 e. The van der Waals surface area contributed by atoms with Crippen LogP contribution in [0.1, 0.15) is 34.6 Å². The SMILES string of the molecule is COC(=O)c1ccc(NC(=O)c2ccc(S(=O)(=O)NCC(C)C)cc2)cc1. The van der Waals surface area contributed by atoms with Crippen molar-refractivity contribution in [2.24, 2.45) is 5.92 Å². The Labute approximate surface area is 158 Å². The van der Waals surface area contributed by atoms with Crippen molar-refractivity contribution in [3.63, 3.8) is 0 Å². The zero-order chi connectivity index (χ0) is 20.0. The van der Waals surface area contributed by atoms with Crippen molar-refractivity contribution in [1.82, 2.24) is 4.72 Å². The Morgan fingerprint density at radius 1 is 0.963 bits per heavy atom. The van der Waals surface area contributed by atoms with Crippen LogP contribution in [-0.4, -0.2) is 33.9 Å². The van der Waals surface area contributed by atoms with Gasteiger partial charge in [0, 0.05) is 17.8 Å². The monoisotopic (exact) mass is 390 g/mol. The van der Waals surface area contributed by atoms with Crippen LogP contribution in [0.25, 0.3) is 0 Å². The van der Waals surface area contributed by atoms with Gasteiger partial charge in [0.1, 0.15) is 0 Å². The van der Waals surface area contributed by atoms with Crippen LogP contribution in [0.2, 0.25) is 0 Å². The predicted octanol–water partition coefficient (Wildman–Crippen LogP) is 2.66. The lowest BCUT2D eigenvalue weighted by atomic mass is 10.2. The Morgan fingerprint density at radius 2 is 1.52 bits per heavy atom. The van der Waals surface area contributed by atoms with E-state index in [0.29, 0.717) is 23.4 Å². The minimum atomic E-state index is -3.60. The van der Waals surface area contributed by atoms with Crippen LogP contribution in [0.5, 0.6) is 0 Å². The third kappa shape index (κ3) is 5.63. The highest BCUT2D eigenvalue weighted by molar-refractivity contribution is 7.89. The van der Waals surface area contributed by atoms with Gasteiger partial charge in [-0.2, -0.15) is 0 Å². The number of hydrogen-bond donors (Lipinski definition) is 2. The lowest BCUT2D eigenvalue weighted by Gasteiger charge is -2.10. The van der Waals surface area contributed by atoms with E-state index in [-0.39, 0.29) is 16.7 Å². The second kappa shape index (κ2) is 8.79. The van der Waals surface area contributed by atoms with E-state index >= 15 is 0 Å². The second-order valence-electron chi connectivity index (χ2n) is 6.29. The normalized spacial score (nSPS) is 11.3. The molecule has 0 heterocycles. The van der Waals surface area contributed by atoms with Crippen LogP contribution in [0.3, 0.4) is 0 Å². The molecule has 0 aliphatic carbocycles. The molecule has 1 amide bonds. The first-order chi connectivity index (χ1) is 12.7. The first-order valence-corrected chi connectivity index (χ1v) is 9.80. The fraction of sp³-hybridized carbons (Fsp3) is 0.263. The number of sulfonamides is 1. The van der Waals surface area contributed by atoms with Gasteiger partial charge in [-0.1, -0.05) is 13.8 Å². The molecule has 0 spiro atoms. The molecular weight excluding hydrogens is 368 g/mol. The average molecular weight is 390 g/mol. The Kier molecular flexibility index (Phi) is 6.70. The number of nitrogens with one attached hydrogen (secondary N) is 2. The van der Waals surface area contributed by atoms with Gasteiger partial charge in [0.2, 0.25) is 10.0 Å². The summed E-state index contributed by atoms with van der Waals surface area (Å²) in [6.07, 6.45) is 0. The molecule has 0 fully saturated rings. The maximum absolute atomic E-state index is 12.3. The first kappa shape index (κ1) is 20.6. The van der Waals surface area contributed by atoms with Crippen molar-refractivity contribution in [2.45, 2.75) is 18.7 Å². The van der Waals surface area contributed by atoms with Crippen molar-refractivity contribution >= 4 is 27.6 Å². The number of amides is 1. The van der Waals surface area contributed by atoms with E-state index in [1.807, 2.05) is 13.8 Å². The van der Waals surface area contributed by atoms with Gasteiger partial charge < -0.3 is 10.1 Å². The van der Waals surface area contributed by atoms with Gasteiger partial charge in [0.25, 0.3) is 5.91 Å². The molecule has 2 rings (SSSR count). The summed E-state index contributed by atoms with van der Waals surface area (Å²) in [7, 11) is -2.31. The van der Waals surface area contributed by atoms with E-state index in [4.69, 9.17) is 0 Å². The third-order valence-electron chi connectivity index (χ3n) is 3.67. The molecule has 0 aliphatic rings. The van der Waals surface area contributed by atoms with Crippen molar-refractivity contribution in [3.05, 3.63) is 59.7 Å². The molecule has 7 nitrogen and oxygen atoms in total. The molecule has 0 saturated heterocycles. The Balaban J connectivity index is 2.06. The molecule has 144 valence electrons. The average Bonchev–Trinajstić information content (AvgIpc) is 2.66. The Hall–Kier alpha value is -2.71. The number of esters is 1. The molecule has 0 saturated carbocycles. The molecule has 8 heteroatoms. The first-order valence-electron chi connectivity index (χ1n) is 8.32. The van der Waals surface area contributed by atoms with E-state index in [1.54, 1.807) is 12.1 Å². The van der Waals surface area contributed by atoms with Crippen LogP contribution >= 0.6 is 0 Å². The maximum atomic E-state index is 12.3. The van der Waals surface area contributed by atoms with Crippen LogP contribution in [-0.2, 0) is 14.8 Å². The zero-order valence-electron chi connectivity index (χ0n) is 15.4. The molecule has 2 N–H and O–H groups in total. The summed E-state index contributed by atoms with van der Waals surface area (Å²) in [6, 6.07) is 11.9. The molecule has 0 aliphatic heterocycles. The number of hydrogen-bond acceptors (Lipinski definition) is 5. The quantitative estimate of drug-likeness (QED) is 0.708. The highest BCUT2D eigenvalue weighted by atomic mass is 32.2. The Morgan fingerprint density at radius 3 is 2.04 bits per heavy atom. The molecule has 2 aromatic rings. The van der Waals surface area contributed by atoms with Crippen molar-refractivity contribution in [3.8, 4) is 0 Å².